The molecule has 0 spiro atoms. The number of anilines is 1. The number of hydrogen-bond acceptors (Lipinski definition) is 5. The van der Waals surface area contributed by atoms with Crippen LogP contribution in [-0.4, -0.2) is 41.5 Å². The lowest BCUT2D eigenvalue weighted by atomic mass is 10.1. The van der Waals surface area contributed by atoms with Gasteiger partial charge in [-0.3, -0.25) is 9.59 Å². The first-order chi connectivity index (χ1) is 10.4. The molecule has 1 saturated heterocycles. The number of methoxy groups -OCH3 is 1. The van der Waals surface area contributed by atoms with E-state index in [1.54, 1.807) is 11.0 Å². The number of ether oxygens (including phenoxy) is 1. The second-order valence-electron chi connectivity index (χ2n) is 5.10. The molecule has 0 aliphatic carbocycles. The summed E-state index contributed by atoms with van der Waals surface area (Å²) in [5.74, 6) is -0.0766. The molecule has 1 amide bonds. The van der Waals surface area contributed by atoms with Crippen molar-refractivity contribution in [2.75, 3.05) is 24.3 Å². The molecule has 22 heavy (non-hydrogen) atoms. The summed E-state index contributed by atoms with van der Waals surface area (Å²) in [7, 11) is 1.45. The number of carboxylic acid groups (broad SMARTS) is 1. The summed E-state index contributed by atoms with van der Waals surface area (Å²) in [5, 5.41) is 9.16. The monoisotopic (exact) mass is 323 g/mol. The predicted molar refractivity (Wildman–Crippen MR) is 83.6 cm³/mol. The van der Waals surface area contributed by atoms with Gasteiger partial charge < -0.3 is 14.7 Å². The molecule has 2 rings (SSSR count). The third-order valence-electron chi connectivity index (χ3n) is 3.41. The standard InChI is InChI=1S/C15H17NO5S/c1-9(17)22-8-10-3-14(18)16(7-10)12-4-11(15(19)20)5-13(6-12)21-2/h4-6,10H,3,7-8H2,1-2H3,(H,19,20). The van der Waals surface area contributed by atoms with Crippen molar-refractivity contribution >= 4 is 34.4 Å². The Labute approximate surface area is 132 Å². The fourth-order valence-corrected chi connectivity index (χ4v) is 3.05. The predicted octanol–water partition coefficient (Wildman–Crippen LogP) is 2.03. The Morgan fingerprint density at radius 2 is 2.14 bits per heavy atom. The van der Waals surface area contributed by atoms with Gasteiger partial charge in [-0.1, -0.05) is 11.8 Å². The number of carbonyl (C=O) groups excluding carboxylic acids is 2. The van der Waals surface area contributed by atoms with Gasteiger partial charge in [-0.05, 0) is 18.1 Å². The number of amides is 1. The molecule has 6 nitrogen and oxygen atoms in total. The van der Waals surface area contributed by atoms with Gasteiger partial charge in [0, 0.05) is 37.4 Å². The van der Waals surface area contributed by atoms with Crippen molar-refractivity contribution < 1.29 is 24.2 Å². The molecule has 1 fully saturated rings. The van der Waals surface area contributed by atoms with Gasteiger partial charge in [0.15, 0.2) is 5.12 Å². The normalized spacial score (nSPS) is 17.6. The Morgan fingerprint density at radius 1 is 1.41 bits per heavy atom. The third kappa shape index (κ3) is 3.79. The van der Waals surface area contributed by atoms with Crippen LogP contribution in [-0.2, 0) is 9.59 Å². The first-order valence-electron chi connectivity index (χ1n) is 6.76. The highest BCUT2D eigenvalue weighted by Crippen LogP contribution is 2.31. The Hall–Kier alpha value is -2.02. The van der Waals surface area contributed by atoms with E-state index in [1.807, 2.05) is 0 Å². The number of hydrogen-bond donors (Lipinski definition) is 1. The van der Waals surface area contributed by atoms with Crippen molar-refractivity contribution in [3.8, 4) is 5.75 Å². The smallest absolute Gasteiger partial charge is 0.335 e. The molecular weight excluding hydrogens is 306 g/mol. The van der Waals surface area contributed by atoms with Gasteiger partial charge in [0.25, 0.3) is 0 Å². The Kier molecular flexibility index (Phi) is 5.07. The molecule has 1 aliphatic heterocycles. The van der Waals surface area contributed by atoms with Crippen molar-refractivity contribution in [2.24, 2.45) is 5.92 Å². The number of rotatable bonds is 5. The summed E-state index contributed by atoms with van der Waals surface area (Å²) >= 11 is 1.21. The van der Waals surface area contributed by atoms with Crippen LogP contribution in [0.2, 0.25) is 0 Å². The lowest BCUT2D eigenvalue weighted by Gasteiger charge is -2.18. The Bertz CT molecular complexity index is 616. The fourth-order valence-electron chi connectivity index (χ4n) is 2.36. The van der Waals surface area contributed by atoms with E-state index in [0.29, 0.717) is 30.2 Å². The maximum Gasteiger partial charge on any atom is 0.335 e. The fraction of sp³-hybridized carbons (Fsp3) is 0.400. The maximum absolute atomic E-state index is 12.2. The zero-order valence-corrected chi connectivity index (χ0v) is 13.2. The first-order valence-corrected chi connectivity index (χ1v) is 7.75. The highest BCUT2D eigenvalue weighted by Gasteiger charge is 2.31. The summed E-state index contributed by atoms with van der Waals surface area (Å²) in [6.07, 6.45) is 0.361. The van der Waals surface area contributed by atoms with Crippen LogP contribution in [0.1, 0.15) is 23.7 Å². The number of aromatic carboxylic acids is 1. The quantitative estimate of drug-likeness (QED) is 0.892. The van der Waals surface area contributed by atoms with Crippen LogP contribution in [0.3, 0.4) is 0 Å². The molecule has 1 unspecified atom stereocenters. The number of benzene rings is 1. The van der Waals surface area contributed by atoms with Crippen LogP contribution in [0.15, 0.2) is 18.2 Å². The lowest BCUT2D eigenvalue weighted by Crippen LogP contribution is -2.25. The molecule has 0 saturated carbocycles. The summed E-state index contributed by atoms with van der Waals surface area (Å²) < 4.78 is 5.10. The minimum absolute atomic E-state index is 0.0282. The van der Waals surface area contributed by atoms with Gasteiger partial charge >= 0.3 is 5.97 Å². The number of nitrogens with zero attached hydrogens (tertiary/aromatic N) is 1. The highest BCUT2D eigenvalue weighted by atomic mass is 32.2. The van der Waals surface area contributed by atoms with E-state index in [4.69, 9.17) is 9.84 Å². The lowest BCUT2D eigenvalue weighted by molar-refractivity contribution is -0.117. The number of thioether (sulfide) groups is 1. The second-order valence-corrected chi connectivity index (χ2v) is 6.30. The van der Waals surface area contributed by atoms with Gasteiger partial charge in [-0.2, -0.15) is 0 Å². The van der Waals surface area contributed by atoms with E-state index < -0.39 is 5.97 Å². The van der Waals surface area contributed by atoms with Crippen molar-refractivity contribution in [1.29, 1.82) is 0 Å². The minimum Gasteiger partial charge on any atom is -0.497 e. The molecule has 1 aromatic carbocycles. The summed E-state index contributed by atoms with van der Waals surface area (Å²) in [6, 6.07) is 4.52. The summed E-state index contributed by atoms with van der Waals surface area (Å²) in [6.45, 7) is 1.98. The number of carboxylic acids is 1. The molecule has 0 aromatic heterocycles. The van der Waals surface area contributed by atoms with Gasteiger partial charge in [-0.15, -0.1) is 0 Å². The van der Waals surface area contributed by atoms with Crippen molar-refractivity contribution in [1.82, 2.24) is 0 Å². The summed E-state index contributed by atoms with van der Waals surface area (Å²) in [5.41, 5.74) is 0.584. The van der Waals surface area contributed by atoms with Crippen LogP contribution in [0, 0.1) is 5.92 Å². The zero-order chi connectivity index (χ0) is 16.3. The SMILES string of the molecule is COc1cc(C(=O)O)cc(N2CC(CSC(C)=O)CC2=O)c1. The van der Waals surface area contributed by atoms with E-state index in [9.17, 15) is 14.4 Å². The average Bonchev–Trinajstić information content (AvgIpc) is 2.85. The topological polar surface area (TPSA) is 83.9 Å². The number of carbonyl (C=O) groups is 3. The second kappa shape index (κ2) is 6.83. The van der Waals surface area contributed by atoms with Crippen molar-refractivity contribution in [3.63, 3.8) is 0 Å². The van der Waals surface area contributed by atoms with Crippen LogP contribution in [0.25, 0.3) is 0 Å². The molecule has 118 valence electrons. The van der Waals surface area contributed by atoms with E-state index in [1.165, 1.54) is 37.9 Å². The van der Waals surface area contributed by atoms with Crippen LogP contribution in [0.4, 0.5) is 5.69 Å². The van der Waals surface area contributed by atoms with Crippen LogP contribution >= 0.6 is 11.8 Å². The van der Waals surface area contributed by atoms with Gasteiger partial charge in [0.2, 0.25) is 5.91 Å². The van der Waals surface area contributed by atoms with Crippen molar-refractivity contribution in [2.45, 2.75) is 13.3 Å². The zero-order valence-electron chi connectivity index (χ0n) is 12.4. The molecule has 1 aliphatic rings. The maximum atomic E-state index is 12.2. The van der Waals surface area contributed by atoms with Gasteiger partial charge in [0.05, 0.1) is 12.7 Å². The largest absolute Gasteiger partial charge is 0.497 e. The van der Waals surface area contributed by atoms with Gasteiger partial charge in [0.1, 0.15) is 5.75 Å². The molecular formula is C15H17NO5S. The van der Waals surface area contributed by atoms with E-state index in [0.717, 1.165) is 0 Å². The van der Waals surface area contributed by atoms with E-state index >= 15 is 0 Å². The molecule has 0 radical (unpaired) electrons. The van der Waals surface area contributed by atoms with Crippen LogP contribution in [0.5, 0.6) is 5.75 Å². The van der Waals surface area contributed by atoms with Crippen LogP contribution < -0.4 is 9.64 Å². The van der Waals surface area contributed by atoms with Crippen molar-refractivity contribution in [3.05, 3.63) is 23.8 Å². The molecule has 7 heteroatoms. The molecule has 1 N–H and O–H groups in total. The highest BCUT2D eigenvalue weighted by molar-refractivity contribution is 8.13. The molecule has 1 aromatic rings. The minimum atomic E-state index is -1.07. The summed E-state index contributed by atoms with van der Waals surface area (Å²) in [4.78, 5) is 35.9. The van der Waals surface area contributed by atoms with E-state index in [-0.39, 0.29) is 22.5 Å². The molecule has 1 atom stereocenters. The Morgan fingerprint density at radius 3 is 2.73 bits per heavy atom. The molecule has 0 bridgehead atoms. The average molecular weight is 323 g/mol. The third-order valence-corrected chi connectivity index (χ3v) is 4.46. The molecule has 1 heterocycles. The first kappa shape index (κ1) is 16.4. The van der Waals surface area contributed by atoms with Gasteiger partial charge in [-0.25, -0.2) is 4.79 Å². The Balaban J connectivity index is 2.20. The van der Waals surface area contributed by atoms with E-state index in [2.05, 4.69) is 0 Å².